The molecule has 0 spiro atoms. The van der Waals surface area contributed by atoms with Gasteiger partial charge in [-0.3, -0.25) is 0 Å². The number of hydrogen-bond acceptors (Lipinski definition) is 4. The van der Waals surface area contributed by atoms with Crippen molar-refractivity contribution in [3.63, 3.8) is 0 Å². The van der Waals surface area contributed by atoms with Crippen LogP contribution in [-0.2, 0) is 10.0 Å². The second kappa shape index (κ2) is 7.00. The summed E-state index contributed by atoms with van der Waals surface area (Å²) < 4.78 is 42.7. The van der Waals surface area contributed by atoms with Crippen molar-refractivity contribution >= 4 is 10.0 Å². The van der Waals surface area contributed by atoms with E-state index in [0.717, 1.165) is 19.4 Å². The second-order valence-corrected chi connectivity index (χ2v) is 7.72. The molecule has 1 unspecified atom stereocenters. The molecule has 1 fully saturated rings. The molecule has 1 saturated heterocycles. The zero-order valence-corrected chi connectivity index (χ0v) is 14.3. The lowest BCUT2D eigenvalue weighted by Crippen LogP contribution is -2.41. The van der Waals surface area contributed by atoms with E-state index in [1.165, 1.54) is 27.4 Å². The van der Waals surface area contributed by atoms with Gasteiger partial charge in [-0.25, -0.2) is 17.5 Å². The Hall–Kier alpha value is -1.77. The molecule has 1 N–H and O–H groups in total. The Morgan fingerprint density at radius 2 is 2.21 bits per heavy atom. The average Bonchev–Trinajstić information content (AvgIpc) is 3.24. The van der Waals surface area contributed by atoms with Crippen LogP contribution in [0.2, 0.25) is 0 Å². The van der Waals surface area contributed by atoms with Crippen LogP contribution in [-0.4, -0.2) is 48.2 Å². The van der Waals surface area contributed by atoms with Gasteiger partial charge in [0.05, 0.1) is 12.4 Å². The van der Waals surface area contributed by atoms with E-state index < -0.39 is 15.8 Å². The molecule has 8 heteroatoms. The molecule has 1 aromatic heterocycles. The van der Waals surface area contributed by atoms with Crippen molar-refractivity contribution in [2.75, 3.05) is 19.6 Å². The molecule has 24 heavy (non-hydrogen) atoms. The third kappa shape index (κ3) is 3.22. The maximum atomic E-state index is 13.9. The zero-order valence-electron chi connectivity index (χ0n) is 13.5. The first kappa shape index (κ1) is 17.1. The third-order valence-electron chi connectivity index (χ3n) is 4.15. The van der Waals surface area contributed by atoms with Crippen LogP contribution < -0.4 is 5.32 Å². The highest BCUT2D eigenvalue weighted by atomic mass is 32.2. The fourth-order valence-corrected chi connectivity index (χ4v) is 4.63. The van der Waals surface area contributed by atoms with Gasteiger partial charge in [0.2, 0.25) is 10.0 Å². The van der Waals surface area contributed by atoms with Crippen LogP contribution in [0.5, 0.6) is 0 Å². The first-order chi connectivity index (χ1) is 11.5. The van der Waals surface area contributed by atoms with Gasteiger partial charge in [-0.05, 0) is 31.5 Å². The molecule has 2 aromatic rings. The SMILES string of the molecule is CCCN(C1CCNC1)S(=O)(=O)c1cnn(-c2ccccc2F)c1. The normalized spacial score (nSPS) is 18.4. The number of para-hydroxylation sites is 1. The lowest BCUT2D eigenvalue weighted by Gasteiger charge is -2.26. The smallest absolute Gasteiger partial charge is 0.246 e. The van der Waals surface area contributed by atoms with Crippen molar-refractivity contribution in [3.8, 4) is 5.69 Å². The van der Waals surface area contributed by atoms with Crippen molar-refractivity contribution < 1.29 is 12.8 Å². The van der Waals surface area contributed by atoms with Crippen molar-refractivity contribution in [1.82, 2.24) is 19.4 Å². The summed E-state index contributed by atoms with van der Waals surface area (Å²) >= 11 is 0. The predicted octanol–water partition coefficient (Wildman–Crippen LogP) is 1.77. The molecule has 1 aliphatic rings. The van der Waals surface area contributed by atoms with Gasteiger partial charge in [-0.1, -0.05) is 19.1 Å². The molecule has 0 bridgehead atoms. The van der Waals surface area contributed by atoms with Crippen LogP contribution in [0.25, 0.3) is 5.69 Å². The Morgan fingerprint density at radius 3 is 2.88 bits per heavy atom. The molecule has 0 amide bonds. The lowest BCUT2D eigenvalue weighted by atomic mass is 10.2. The van der Waals surface area contributed by atoms with E-state index in [-0.39, 0.29) is 16.6 Å². The summed E-state index contributed by atoms with van der Waals surface area (Å²) in [4.78, 5) is 0.0890. The highest BCUT2D eigenvalue weighted by Crippen LogP contribution is 2.22. The first-order valence-electron chi connectivity index (χ1n) is 8.06. The van der Waals surface area contributed by atoms with Crippen LogP contribution in [0.4, 0.5) is 4.39 Å². The fraction of sp³-hybridized carbons (Fsp3) is 0.438. The molecule has 2 heterocycles. The van der Waals surface area contributed by atoms with Gasteiger partial charge in [-0.15, -0.1) is 0 Å². The summed E-state index contributed by atoms with van der Waals surface area (Å²) in [6.07, 6.45) is 4.18. The number of aromatic nitrogens is 2. The molecule has 1 atom stereocenters. The molecule has 1 aromatic carbocycles. The van der Waals surface area contributed by atoms with E-state index >= 15 is 0 Å². The third-order valence-corrected chi connectivity index (χ3v) is 6.06. The Labute approximate surface area is 141 Å². The molecular weight excluding hydrogens is 331 g/mol. The van der Waals surface area contributed by atoms with Gasteiger partial charge in [0, 0.05) is 19.1 Å². The largest absolute Gasteiger partial charge is 0.315 e. The van der Waals surface area contributed by atoms with Crippen LogP contribution in [0, 0.1) is 5.82 Å². The topological polar surface area (TPSA) is 67.2 Å². The molecule has 6 nitrogen and oxygen atoms in total. The van der Waals surface area contributed by atoms with E-state index in [1.54, 1.807) is 18.2 Å². The predicted molar refractivity (Wildman–Crippen MR) is 89.0 cm³/mol. The molecular formula is C16H21FN4O2S. The van der Waals surface area contributed by atoms with Gasteiger partial charge in [0.15, 0.2) is 0 Å². The van der Waals surface area contributed by atoms with Crippen molar-refractivity contribution in [2.24, 2.45) is 0 Å². The Balaban J connectivity index is 1.93. The van der Waals surface area contributed by atoms with Crippen LogP contribution in [0.1, 0.15) is 19.8 Å². The van der Waals surface area contributed by atoms with Gasteiger partial charge in [0.25, 0.3) is 0 Å². The van der Waals surface area contributed by atoms with E-state index in [2.05, 4.69) is 10.4 Å². The van der Waals surface area contributed by atoms with Gasteiger partial charge in [-0.2, -0.15) is 9.40 Å². The fourth-order valence-electron chi connectivity index (χ4n) is 2.95. The van der Waals surface area contributed by atoms with E-state index in [9.17, 15) is 12.8 Å². The minimum Gasteiger partial charge on any atom is -0.315 e. The molecule has 1 aliphatic heterocycles. The lowest BCUT2D eigenvalue weighted by molar-refractivity contribution is 0.335. The van der Waals surface area contributed by atoms with Crippen LogP contribution in [0.3, 0.4) is 0 Å². The maximum absolute atomic E-state index is 13.9. The minimum absolute atomic E-state index is 0.0493. The molecule has 3 rings (SSSR count). The molecule has 130 valence electrons. The summed E-state index contributed by atoms with van der Waals surface area (Å²) in [5.41, 5.74) is 0.225. The summed E-state index contributed by atoms with van der Waals surface area (Å²) in [5, 5.41) is 7.23. The summed E-state index contributed by atoms with van der Waals surface area (Å²) in [6.45, 7) is 3.88. The summed E-state index contributed by atoms with van der Waals surface area (Å²) in [5.74, 6) is -0.449. The monoisotopic (exact) mass is 352 g/mol. The number of halogens is 1. The Morgan fingerprint density at radius 1 is 1.42 bits per heavy atom. The molecule has 0 aliphatic carbocycles. The maximum Gasteiger partial charge on any atom is 0.246 e. The quantitative estimate of drug-likeness (QED) is 0.860. The zero-order chi connectivity index (χ0) is 17.2. The number of nitrogens with zero attached hydrogens (tertiary/aromatic N) is 3. The van der Waals surface area contributed by atoms with Gasteiger partial charge in [0.1, 0.15) is 16.4 Å². The van der Waals surface area contributed by atoms with Gasteiger partial charge < -0.3 is 5.32 Å². The molecule has 0 radical (unpaired) electrons. The summed E-state index contributed by atoms with van der Waals surface area (Å²) in [7, 11) is -3.66. The Bertz CT molecular complexity index is 800. The van der Waals surface area contributed by atoms with E-state index in [4.69, 9.17) is 0 Å². The second-order valence-electron chi connectivity index (χ2n) is 5.83. The highest BCUT2D eigenvalue weighted by Gasteiger charge is 2.33. The number of rotatable bonds is 6. The number of nitrogens with one attached hydrogen (secondary N) is 1. The van der Waals surface area contributed by atoms with E-state index in [1.807, 2.05) is 6.92 Å². The molecule has 0 saturated carbocycles. The first-order valence-corrected chi connectivity index (χ1v) is 9.50. The Kier molecular flexibility index (Phi) is 4.98. The standard InChI is InChI=1S/C16H21FN4O2S/c1-2-9-21(13-7-8-18-10-13)24(22,23)14-11-19-20(12-14)16-6-4-3-5-15(16)17/h3-6,11-13,18H,2,7-10H2,1H3. The van der Waals surface area contributed by atoms with Crippen LogP contribution >= 0.6 is 0 Å². The number of benzene rings is 1. The van der Waals surface area contributed by atoms with Gasteiger partial charge >= 0.3 is 0 Å². The number of hydrogen-bond donors (Lipinski definition) is 1. The van der Waals surface area contributed by atoms with Crippen molar-refractivity contribution in [3.05, 3.63) is 42.5 Å². The van der Waals surface area contributed by atoms with Crippen LogP contribution in [0.15, 0.2) is 41.6 Å². The van der Waals surface area contributed by atoms with Crippen molar-refractivity contribution in [1.29, 1.82) is 0 Å². The highest BCUT2D eigenvalue weighted by molar-refractivity contribution is 7.89. The number of sulfonamides is 1. The summed E-state index contributed by atoms with van der Waals surface area (Å²) in [6, 6.07) is 6.09. The van der Waals surface area contributed by atoms with Crippen molar-refractivity contribution in [2.45, 2.75) is 30.7 Å². The minimum atomic E-state index is -3.66. The average molecular weight is 352 g/mol. The van der Waals surface area contributed by atoms with E-state index in [0.29, 0.717) is 13.1 Å².